The molecule has 0 aliphatic heterocycles. The van der Waals surface area contributed by atoms with E-state index in [9.17, 15) is 4.79 Å². The number of aryl methyl sites for hydroxylation is 1. The second kappa shape index (κ2) is 9.09. The van der Waals surface area contributed by atoms with Crippen molar-refractivity contribution in [3.05, 3.63) is 70.2 Å². The van der Waals surface area contributed by atoms with Gasteiger partial charge in [-0.25, -0.2) is 9.66 Å². The zero-order valence-electron chi connectivity index (χ0n) is 16.8. The molecule has 2 N–H and O–H groups in total. The Morgan fingerprint density at radius 2 is 2.03 bits per heavy atom. The van der Waals surface area contributed by atoms with E-state index >= 15 is 0 Å². The van der Waals surface area contributed by atoms with Crippen LogP contribution in [-0.4, -0.2) is 25.8 Å². The van der Waals surface area contributed by atoms with Gasteiger partial charge < -0.3 is 5.84 Å². The van der Waals surface area contributed by atoms with E-state index in [4.69, 9.17) is 17.4 Å². The molecule has 0 radical (unpaired) electrons. The zero-order chi connectivity index (χ0) is 22.0. The average Bonchev–Trinajstić information content (AvgIpc) is 3.33. The van der Waals surface area contributed by atoms with Gasteiger partial charge in [-0.1, -0.05) is 47.6 Å². The van der Waals surface area contributed by atoms with Crippen molar-refractivity contribution in [3.8, 4) is 11.4 Å². The quantitative estimate of drug-likeness (QED) is 0.313. The number of hydrogen-bond donors (Lipinski definition) is 1. The maximum Gasteiger partial charge on any atom is 0.230 e. The van der Waals surface area contributed by atoms with Crippen LogP contribution in [0, 0.1) is 6.92 Å². The predicted molar refractivity (Wildman–Crippen MR) is 126 cm³/mol. The number of amides is 1. The molecule has 0 atom stereocenters. The van der Waals surface area contributed by atoms with Crippen molar-refractivity contribution in [2.75, 3.05) is 10.7 Å². The number of nitrogen functional groups attached to an aromatic ring is 1. The van der Waals surface area contributed by atoms with Crippen molar-refractivity contribution in [3.63, 3.8) is 0 Å². The third kappa shape index (κ3) is 4.73. The molecule has 0 bridgehead atoms. The van der Waals surface area contributed by atoms with Crippen molar-refractivity contribution in [2.45, 2.75) is 24.8 Å². The van der Waals surface area contributed by atoms with E-state index in [0.717, 1.165) is 22.5 Å². The summed E-state index contributed by atoms with van der Waals surface area (Å²) < 4.78 is 1.44. The first-order valence-electron chi connectivity index (χ1n) is 9.33. The van der Waals surface area contributed by atoms with Gasteiger partial charge >= 0.3 is 0 Å². The lowest BCUT2D eigenvalue weighted by molar-refractivity contribution is -0.115. The van der Waals surface area contributed by atoms with E-state index in [1.807, 2.05) is 48.7 Å². The second-order valence-electron chi connectivity index (χ2n) is 6.79. The third-order valence-electron chi connectivity index (χ3n) is 4.40. The minimum absolute atomic E-state index is 0.0907. The summed E-state index contributed by atoms with van der Waals surface area (Å²) in [6.45, 7) is 3.53. The first-order chi connectivity index (χ1) is 14.9. The highest BCUT2D eigenvalue weighted by atomic mass is 35.5. The van der Waals surface area contributed by atoms with Gasteiger partial charge in [0.25, 0.3) is 0 Å². The number of rotatable bonds is 6. The van der Waals surface area contributed by atoms with Gasteiger partial charge in [0, 0.05) is 28.6 Å². The zero-order valence-corrected chi connectivity index (χ0v) is 19.2. The van der Waals surface area contributed by atoms with Crippen LogP contribution in [-0.2, 0) is 10.5 Å². The molecule has 0 aliphatic carbocycles. The lowest BCUT2D eigenvalue weighted by atomic mass is 10.2. The van der Waals surface area contributed by atoms with Gasteiger partial charge in [-0.2, -0.15) is 0 Å². The molecular weight excluding hydrogens is 452 g/mol. The van der Waals surface area contributed by atoms with Gasteiger partial charge in [-0.05, 0) is 36.8 Å². The fourth-order valence-corrected chi connectivity index (χ4v) is 4.93. The molecule has 31 heavy (non-hydrogen) atoms. The summed E-state index contributed by atoms with van der Waals surface area (Å²) in [7, 11) is 0. The van der Waals surface area contributed by atoms with Crippen molar-refractivity contribution in [1.82, 2.24) is 19.9 Å². The maximum absolute atomic E-state index is 12.3. The van der Waals surface area contributed by atoms with Gasteiger partial charge in [0.2, 0.25) is 11.1 Å². The van der Waals surface area contributed by atoms with Crippen LogP contribution in [0.2, 0.25) is 5.02 Å². The lowest BCUT2D eigenvalue weighted by Crippen LogP contribution is -2.22. The Balaban J connectivity index is 1.50. The Morgan fingerprint density at radius 3 is 2.77 bits per heavy atom. The van der Waals surface area contributed by atoms with E-state index in [1.54, 1.807) is 17.0 Å². The van der Waals surface area contributed by atoms with E-state index in [2.05, 4.69) is 15.2 Å². The van der Waals surface area contributed by atoms with E-state index < -0.39 is 0 Å². The fraction of sp³-hybridized carbons (Fsp3) is 0.143. The number of nitrogens with zero attached hydrogens (tertiary/aromatic N) is 5. The summed E-state index contributed by atoms with van der Waals surface area (Å²) >= 11 is 8.90. The number of benzene rings is 2. The second-order valence-corrected chi connectivity index (χ2v) is 9.01. The molecule has 0 aliphatic rings. The highest BCUT2D eigenvalue weighted by molar-refractivity contribution is 7.98. The lowest BCUT2D eigenvalue weighted by Gasteiger charge is -2.18. The summed E-state index contributed by atoms with van der Waals surface area (Å²) in [5.74, 6) is 7.18. The van der Waals surface area contributed by atoms with Crippen molar-refractivity contribution >= 4 is 51.4 Å². The van der Waals surface area contributed by atoms with Crippen LogP contribution < -0.4 is 10.7 Å². The molecule has 2 heterocycles. The number of nitrogens with two attached hydrogens (primary N) is 1. The van der Waals surface area contributed by atoms with Gasteiger partial charge in [-0.15, -0.1) is 21.5 Å². The Morgan fingerprint density at radius 1 is 1.23 bits per heavy atom. The Bertz CT molecular complexity index is 1240. The van der Waals surface area contributed by atoms with Crippen LogP contribution in [0.25, 0.3) is 11.4 Å². The first kappa shape index (κ1) is 21.4. The molecule has 0 unspecified atom stereocenters. The number of carbonyl (C=O) groups excluding carboxylic acids is 1. The smallest absolute Gasteiger partial charge is 0.230 e. The topological polar surface area (TPSA) is 89.9 Å². The molecule has 1 amide bonds. The van der Waals surface area contributed by atoms with Gasteiger partial charge in [-0.3, -0.25) is 9.69 Å². The molecule has 7 nitrogen and oxygen atoms in total. The molecular formula is C21H19ClN6OS2. The Hall–Kier alpha value is -2.88. The number of anilines is 2. The van der Waals surface area contributed by atoms with Crippen LogP contribution in [0.15, 0.2) is 59.1 Å². The van der Waals surface area contributed by atoms with E-state index in [-0.39, 0.29) is 5.91 Å². The molecule has 2 aromatic heterocycles. The van der Waals surface area contributed by atoms with E-state index in [0.29, 0.717) is 26.9 Å². The van der Waals surface area contributed by atoms with Gasteiger partial charge in [0.1, 0.15) is 0 Å². The number of hydrogen-bond acceptors (Lipinski definition) is 7. The third-order valence-corrected chi connectivity index (χ3v) is 6.49. The van der Waals surface area contributed by atoms with Crippen molar-refractivity contribution in [2.24, 2.45) is 0 Å². The normalized spacial score (nSPS) is 10.9. The highest BCUT2D eigenvalue weighted by Gasteiger charge is 2.19. The molecule has 0 saturated carbocycles. The summed E-state index contributed by atoms with van der Waals surface area (Å²) in [6, 6.07) is 15.1. The van der Waals surface area contributed by atoms with Gasteiger partial charge in [0.15, 0.2) is 11.0 Å². The number of halogens is 1. The monoisotopic (exact) mass is 470 g/mol. The minimum atomic E-state index is -0.0907. The van der Waals surface area contributed by atoms with Gasteiger partial charge in [0.05, 0.1) is 11.4 Å². The SMILES string of the molecule is CC(=O)N(c1cccc(C)c1)c1nc(CSc2nnc(-c3cccc(Cl)c3)n2N)cs1. The van der Waals surface area contributed by atoms with Crippen LogP contribution in [0.1, 0.15) is 18.2 Å². The van der Waals surface area contributed by atoms with Crippen LogP contribution in [0.4, 0.5) is 10.8 Å². The summed E-state index contributed by atoms with van der Waals surface area (Å²) in [6.07, 6.45) is 0. The largest absolute Gasteiger partial charge is 0.335 e. The molecule has 0 fully saturated rings. The predicted octanol–water partition coefficient (Wildman–Crippen LogP) is 5.05. The summed E-state index contributed by atoms with van der Waals surface area (Å²) in [4.78, 5) is 18.6. The molecule has 158 valence electrons. The molecule has 0 spiro atoms. The van der Waals surface area contributed by atoms with Crippen LogP contribution >= 0.6 is 34.7 Å². The molecule has 0 saturated heterocycles. The standard InChI is InChI=1S/C21H19ClN6OS2/c1-13-5-3-8-18(9-13)27(14(2)29)20-24-17(11-30-20)12-31-21-26-25-19(28(21)23)15-6-4-7-16(22)10-15/h3-11H,12,23H2,1-2H3. The van der Waals surface area contributed by atoms with Crippen molar-refractivity contribution in [1.29, 1.82) is 0 Å². The average molecular weight is 471 g/mol. The molecule has 2 aromatic carbocycles. The molecule has 10 heteroatoms. The van der Waals surface area contributed by atoms with Crippen LogP contribution in [0.3, 0.4) is 0 Å². The Kier molecular flexibility index (Phi) is 6.26. The fourth-order valence-electron chi connectivity index (χ4n) is 3.00. The van der Waals surface area contributed by atoms with Crippen LogP contribution in [0.5, 0.6) is 0 Å². The first-order valence-corrected chi connectivity index (χ1v) is 11.6. The summed E-state index contributed by atoms with van der Waals surface area (Å²) in [5, 5.41) is 12.1. The number of thioether (sulfide) groups is 1. The van der Waals surface area contributed by atoms with Crippen molar-refractivity contribution < 1.29 is 4.79 Å². The number of carbonyl (C=O) groups is 1. The Labute approximate surface area is 192 Å². The minimum Gasteiger partial charge on any atom is -0.335 e. The molecule has 4 aromatic rings. The molecule has 4 rings (SSSR count). The number of thiazole rings is 1. The summed E-state index contributed by atoms with van der Waals surface area (Å²) in [5.41, 5.74) is 3.50. The maximum atomic E-state index is 12.3. The number of aromatic nitrogens is 4. The van der Waals surface area contributed by atoms with E-state index in [1.165, 1.54) is 34.7 Å². The highest BCUT2D eigenvalue weighted by Crippen LogP contribution is 2.32.